The van der Waals surface area contributed by atoms with Gasteiger partial charge in [-0.25, -0.2) is 0 Å². The lowest BCUT2D eigenvalue weighted by molar-refractivity contribution is -0.122. The fraction of sp³-hybridized carbons (Fsp3) is 0.500. The van der Waals surface area contributed by atoms with Gasteiger partial charge in [0.2, 0.25) is 11.8 Å². The molecule has 1 fully saturated rings. The molecule has 1 aromatic rings. The Hall–Kier alpha value is -1.84. The molecule has 1 saturated heterocycles. The van der Waals surface area contributed by atoms with Crippen LogP contribution >= 0.6 is 0 Å². The predicted octanol–water partition coefficient (Wildman–Crippen LogP) is 2.34. The van der Waals surface area contributed by atoms with Gasteiger partial charge in [-0.3, -0.25) is 9.59 Å². The molecule has 0 bridgehead atoms. The van der Waals surface area contributed by atoms with Crippen molar-refractivity contribution in [2.24, 2.45) is 5.92 Å². The molecule has 4 nitrogen and oxygen atoms in total. The molecule has 20 heavy (non-hydrogen) atoms. The second-order valence-corrected chi connectivity index (χ2v) is 5.74. The van der Waals surface area contributed by atoms with E-state index < -0.39 is 0 Å². The number of anilines is 1. The normalized spacial score (nSPS) is 18.6. The number of nitrogens with one attached hydrogen (secondary N) is 1. The maximum Gasteiger partial charge on any atom is 0.229 e. The summed E-state index contributed by atoms with van der Waals surface area (Å²) >= 11 is 0. The van der Waals surface area contributed by atoms with Crippen molar-refractivity contribution < 1.29 is 9.59 Å². The van der Waals surface area contributed by atoms with Crippen LogP contribution in [0.2, 0.25) is 0 Å². The van der Waals surface area contributed by atoms with Crippen molar-refractivity contribution in [3.05, 3.63) is 30.3 Å². The van der Waals surface area contributed by atoms with Gasteiger partial charge >= 0.3 is 0 Å². The van der Waals surface area contributed by atoms with Gasteiger partial charge in [0.05, 0.1) is 6.04 Å². The maximum absolute atomic E-state index is 12.0. The Labute approximate surface area is 120 Å². The molecule has 0 spiro atoms. The second kappa shape index (κ2) is 6.55. The van der Waals surface area contributed by atoms with E-state index in [1.165, 1.54) is 0 Å². The van der Waals surface area contributed by atoms with Gasteiger partial charge in [0.25, 0.3) is 0 Å². The van der Waals surface area contributed by atoms with E-state index in [2.05, 4.69) is 19.2 Å². The Morgan fingerprint density at radius 1 is 1.35 bits per heavy atom. The van der Waals surface area contributed by atoms with Crippen LogP contribution in [0.1, 0.15) is 33.1 Å². The predicted molar refractivity (Wildman–Crippen MR) is 79.4 cm³/mol. The van der Waals surface area contributed by atoms with Crippen molar-refractivity contribution >= 4 is 17.5 Å². The zero-order valence-corrected chi connectivity index (χ0v) is 12.1. The first-order valence-corrected chi connectivity index (χ1v) is 7.21. The van der Waals surface area contributed by atoms with Gasteiger partial charge in [-0.15, -0.1) is 0 Å². The first kappa shape index (κ1) is 14.6. The van der Waals surface area contributed by atoms with Crippen LogP contribution in [0.4, 0.5) is 5.69 Å². The molecule has 1 aliphatic heterocycles. The van der Waals surface area contributed by atoms with Gasteiger partial charge in [-0.2, -0.15) is 0 Å². The molecule has 0 aliphatic carbocycles. The topological polar surface area (TPSA) is 49.4 Å². The number of benzene rings is 1. The summed E-state index contributed by atoms with van der Waals surface area (Å²) in [7, 11) is 0. The van der Waals surface area contributed by atoms with Crippen LogP contribution in [0.3, 0.4) is 0 Å². The molecule has 0 aromatic heterocycles. The van der Waals surface area contributed by atoms with Gasteiger partial charge in [0, 0.05) is 25.1 Å². The third-order valence-electron chi connectivity index (χ3n) is 3.51. The van der Waals surface area contributed by atoms with Crippen LogP contribution in [-0.2, 0) is 9.59 Å². The minimum Gasteiger partial charge on any atom is -0.351 e. The minimum atomic E-state index is -0.0673. The van der Waals surface area contributed by atoms with E-state index in [9.17, 15) is 9.59 Å². The summed E-state index contributed by atoms with van der Waals surface area (Å²) in [6.45, 7) is 4.77. The Bertz CT molecular complexity index is 471. The van der Waals surface area contributed by atoms with Crippen molar-refractivity contribution in [1.82, 2.24) is 5.32 Å². The number of nitrogens with zero attached hydrogens (tertiary/aromatic N) is 1. The molecule has 4 heteroatoms. The third-order valence-corrected chi connectivity index (χ3v) is 3.51. The van der Waals surface area contributed by atoms with Crippen LogP contribution in [0.5, 0.6) is 0 Å². The second-order valence-electron chi connectivity index (χ2n) is 5.74. The summed E-state index contributed by atoms with van der Waals surface area (Å²) in [4.78, 5) is 25.6. The highest BCUT2D eigenvalue weighted by Gasteiger charge is 2.31. The quantitative estimate of drug-likeness (QED) is 0.896. The molecular weight excluding hydrogens is 252 g/mol. The number of carbonyl (C=O) groups excluding carboxylic acids is 2. The van der Waals surface area contributed by atoms with Crippen LogP contribution < -0.4 is 10.2 Å². The van der Waals surface area contributed by atoms with E-state index in [-0.39, 0.29) is 17.9 Å². The molecule has 1 atom stereocenters. The Morgan fingerprint density at radius 2 is 2.05 bits per heavy atom. The molecule has 1 heterocycles. The van der Waals surface area contributed by atoms with Crippen molar-refractivity contribution in [2.75, 3.05) is 11.4 Å². The first-order valence-electron chi connectivity index (χ1n) is 7.21. The zero-order chi connectivity index (χ0) is 14.5. The molecule has 1 unspecified atom stereocenters. The summed E-state index contributed by atoms with van der Waals surface area (Å²) in [5.41, 5.74) is 0.899. The highest BCUT2D eigenvalue weighted by Crippen LogP contribution is 2.21. The zero-order valence-electron chi connectivity index (χ0n) is 12.1. The smallest absolute Gasteiger partial charge is 0.229 e. The lowest BCUT2D eigenvalue weighted by atomic mass is 10.1. The SMILES string of the molecule is CC(C)CCC(=O)NC1CC(=O)N(c2ccccc2)C1. The fourth-order valence-electron chi connectivity index (χ4n) is 2.38. The molecule has 2 amide bonds. The number of para-hydroxylation sites is 1. The van der Waals surface area contributed by atoms with Crippen molar-refractivity contribution in [2.45, 2.75) is 39.2 Å². The molecule has 108 valence electrons. The molecule has 1 aliphatic rings. The fourth-order valence-corrected chi connectivity index (χ4v) is 2.38. The molecular formula is C16H22N2O2. The Morgan fingerprint density at radius 3 is 2.70 bits per heavy atom. The van der Waals surface area contributed by atoms with Gasteiger partial charge in [0.1, 0.15) is 0 Å². The van der Waals surface area contributed by atoms with Crippen LogP contribution in [0.15, 0.2) is 30.3 Å². The van der Waals surface area contributed by atoms with Crippen LogP contribution in [-0.4, -0.2) is 24.4 Å². The summed E-state index contributed by atoms with van der Waals surface area (Å²) < 4.78 is 0. The van der Waals surface area contributed by atoms with Crippen molar-refractivity contribution in [1.29, 1.82) is 0 Å². The summed E-state index contributed by atoms with van der Waals surface area (Å²) in [5, 5.41) is 2.96. The van der Waals surface area contributed by atoms with Crippen molar-refractivity contribution in [3.8, 4) is 0 Å². The number of hydrogen-bond donors (Lipinski definition) is 1. The van der Waals surface area contributed by atoms with Crippen LogP contribution in [0, 0.1) is 5.92 Å². The first-order chi connectivity index (χ1) is 9.56. The lowest BCUT2D eigenvalue weighted by Crippen LogP contribution is -2.37. The van der Waals surface area contributed by atoms with Gasteiger partial charge in [-0.05, 0) is 24.5 Å². The third kappa shape index (κ3) is 3.83. The Balaban J connectivity index is 1.88. The maximum atomic E-state index is 12.0. The molecule has 0 radical (unpaired) electrons. The minimum absolute atomic E-state index is 0.0476. The monoisotopic (exact) mass is 274 g/mol. The lowest BCUT2D eigenvalue weighted by Gasteiger charge is -2.17. The number of carbonyl (C=O) groups is 2. The standard InChI is InChI=1S/C16H22N2O2/c1-12(2)8-9-15(19)17-13-10-16(20)18(11-13)14-6-4-3-5-7-14/h3-7,12-13H,8-11H2,1-2H3,(H,17,19). The largest absolute Gasteiger partial charge is 0.351 e. The van der Waals surface area contributed by atoms with Crippen molar-refractivity contribution in [3.63, 3.8) is 0 Å². The molecule has 1 N–H and O–H groups in total. The summed E-state index contributed by atoms with van der Waals surface area (Å²) in [5.74, 6) is 0.642. The van der Waals surface area contributed by atoms with Gasteiger partial charge in [-0.1, -0.05) is 32.0 Å². The highest BCUT2D eigenvalue weighted by atomic mass is 16.2. The average Bonchev–Trinajstić information content (AvgIpc) is 2.78. The van der Waals surface area contributed by atoms with E-state index >= 15 is 0 Å². The molecule has 1 aromatic carbocycles. The highest BCUT2D eigenvalue weighted by molar-refractivity contribution is 5.96. The van der Waals surface area contributed by atoms with Gasteiger partial charge < -0.3 is 10.2 Å². The molecule has 0 saturated carbocycles. The van der Waals surface area contributed by atoms with E-state index in [0.717, 1.165) is 12.1 Å². The van der Waals surface area contributed by atoms with E-state index in [1.807, 2.05) is 30.3 Å². The molecule has 2 rings (SSSR count). The number of amides is 2. The van der Waals surface area contributed by atoms with Crippen LogP contribution in [0.25, 0.3) is 0 Å². The van der Waals surface area contributed by atoms with E-state index in [0.29, 0.717) is 25.3 Å². The number of hydrogen-bond acceptors (Lipinski definition) is 2. The average molecular weight is 274 g/mol. The number of rotatable bonds is 5. The summed E-state index contributed by atoms with van der Waals surface area (Å²) in [6, 6.07) is 9.52. The van der Waals surface area contributed by atoms with E-state index in [4.69, 9.17) is 0 Å². The van der Waals surface area contributed by atoms with E-state index in [1.54, 1.807) is 4.90 Å². The van der Waals surface area contributed by atoms with Gasteiger partial charge in [0.15, 0.2) is 0 Å². The Kier molecular flexibility index (Phi) is 4.77. The summed E-state index contributed by atoms with van der Waals surface area (Å²) in [6.07, 6.45) is 1.81.